The Labute approximate surface area is 121 Å². The van der Waals surface area contributed by atoms with Crippen LogP contribution in [0.25, 0.3) is 0 Å². The molecule has 1 fully saturated rings. The third kappa shape index (κ3) is 3.85. The fraction of sp³-hybridized carbons (Fsp3) is 0.600. The highest BCUT2D eigenvalue weighted by molar-refractivity contribution is 7.85. The van der Waals surface area contributed by atoms with Crippen LogP contribution < -0.4 is 5.32 Å². The van der Waals surface area contributed by atoms with E-state index in [1.165, 1.54) is 18.9 Å². The lowest BCUT2D eigenvalue weighted by atomic mass is 10.0. The highest BCUT2D eigenvalue weighted by Gasteiger charge is 2.26. The van der Waals surface area contributed by atoms with E-state index in [0.29, 0.717) is 22.6 Å². The third-order valence-electron chi connectivity index (χ3n) is 3.95. The molecule has 0 spiro atoms. The van der Waals surface area contributed by atoms with Crippen LogP contribution in [0.1, 0.15) is 32.6 Å². The summed E-state index contributed by atoms with van der Waals surface area (Å²) >= 11 is 0. The fourth-order valence-electron chi connectivity index (χ4n) is 2.91. The van der Waals surface area contributed by atoms with Gasteiger partial charge in [-0.05, 0) is 49.9 Å². The Balaban J connectivity index is 1.90. The van der Waals surface area contributed by atoms with Gasteiger partial charge in [0.25, 0.3) is 0 Å². The van der Waals surface area contributed by atoms with Gasteiger partial charge in [0.05, 0.1) is 10.8 Å². The van der Waals surface area contributed by atoms with Gasteiger partial charge in [0.15, 0.2) is 11.6 Å². The van der Waals surface area contributed by atoms with Crippen molar-refractivity contribution in [3.63, 3.8) is 0 Å². The molecule has 5 heteroatoms. The Morgan fingerprint density at radius 1 is 1.30 bits per heavy atom. The quantitative estimate of drug-likeness (QED) is 0.874. The average molecular weight is 301 g/mol. The molecule has 1 aliphatic rings. The lowest BCUT2D eigenvalue weighted by Crippen LogP contribution is -2.32. The standard InChI is InChI=1S/C15H21F2NOS/c1-2-18-15-5-3-4-11(15)8-9-20(19)12-6-7-13(16)14(17)10-12/h6-7,10-11,15,18H,2-5,8-9H2,1H3. The van der Waals surface area contributed by atoms with Crippen LogP contribution in [0.4, 0.5) is 8.78 Å². The molecule has 0 aromatic heterocycles. The number of nitrogens with one attached hydrogen (secondary N) is 1. The molecule has 0 radical (unpaired) electrons. The van der Waals surface area contributed by atoms with Crippen molar-refractivity contribution in [2.45, 2.75) is 43.5 Å². The fourth-order valence-corrected chi connectivity index (χ4v) is 4.12. The summed E-state index contributed by atoms with van der Waals surface area (Å²) in [7, 11) is -1.25. The Morgan fingerprint density at radius 2 is 2.10 bits per heavy atom. The van der Waals surface area contributed by atoms with Gasteiger partial charge in [-0.15, -0.1) is 0 Å². The van der Waals surface area contributed by atoms with Crippen molar-refractivity contribution in [1.29, 1.82) is 0 Å². The number of benzene rings is 1. The second-order valence-corrected chi connectivity index (χ2v) is 6.84. The van der Waals surface area contributed by atoms with E-state index in [0.717, 1.165) is 31.5 Å². The monoisotopic (exact) mass is 301 g/mol. The molecule has 1 N–H and O–H groups in total. The van der Waals surface area contributed by atoms with Gasteiger partial charge < -0.3 is 5.32 Å². The number of rotatable bonds is 6. The zero-order valence-corrected chi connectivity index (χ0v) is 12.5. The summed E-state index contributed by atoms with van der Waals surface area (Å²) in [5, 5.41) is 3.47. The lowest BCUT2D eigenvalue weighted by Gasteiger charge is -2.20. The van der Waals surface area contributed by atoms with Crippen molar-refractivity contribution in [1.82, 2.24) is 5.32 Å². The molecule has 20 heavy (non-hydrogen) atoms. The molecular formula is C15H21F2NOS. The molecule has 0 aliphatic heterocycles. The molecule has 0 saturated heterocycles. The summed E-state index contributed by atoms with van der Waals surface area (Å²) in [6.07, 6.45) is 4.41. The SMILES string of the molecule is CCNC1CCCC1CCS(=O)c1ccc(F)c(F)c1. The van der Waals surface area contributed by atoms with E-state index < -0.39 is 22.4 Å². The minimum absolute atomic E-state index is 0.377. The normalized spacial score (nSPS) is 23.9. The minimum Gasteiger partial charge on any atom is -0.314 e. The molecule has 1 aliphatic carbocycles. The van der Waals surface area contributed by atoms with Gasteiger partial charge >= 0.3 is 0 Å². The molecule has 112 valence electrons. The molecule has 1 saturated carbocycles. The van der Waals surface area contributed by atoms with E-state index in [2.05, 4.69) is 12.2 Å². The molecule has 0 bridgehead atoms. The topological polar surface area (TPSA) is 29.1 Å². The molecule has 1 aromatic carbocycles. The van der Waals surface area contributed by atoms with Crippen LogP contribution in [0.15, 0.2) is 23.1 Å². The molecule has 2 rings (SSSR count). The first-order valence-corrected chi connectivity index (χ1v) is 8.50. The van der Waals surface area contributed by atoms with Crippen LogP contribution in [-0.2, 0) is 10.8 Å². The predicted molar refractivity (Wildman–Crippen MR) is 77.1 cm³/mol. The van der Waals surface area contributed by atoms with Crippen molar-refractivity contribution < 1.29 is 13.0 Å². The van der Waals surface area contributed by atoms with E-state index in [-0.39, 0.29) is 0 Å². The summed E-state index contributed by atoms with van der Waals surface area (Å²) in [5.41, 5.74) is 0. The van der Waals surface area contributed by atoms with Crippen molar-refractivity contribution in [3.05, 3.63) is 29.8 Å². The van der Waals surface area contributed by atoms with Crippen LogP contribution in [-0.4, -0.2) is 22.5 Å². The molecule has 0 heterocycles. The van der Waals surface area contributed by atoms with E-state index in [1.807, 2.05) is 0 Å². The van der Waals surface area contributed by atoms with Crippen molar-refractivity contribution in [2.75, 3.05) is 12.3 Å². The van der Waals surface area contributed by atoms with E-state index in [1.54, 1.807) is 0 Å². The average Bonchev–Trinajstić information content (AvgIpc) is 2.87. The van der Waals surface area contributed by atoms with Gasteiger partial charge in [0, 0.05) is 16.7 Å². The molecule has 3 atom stereocenters. The Morgan fingerprint density at radius 3 is 2.80 bits per heavy atom. The van der Waals surface area contributed by atoms with Gasteiger partial charge in [0.2, 0.25) is 0 Å². The maximum atomic E-state index is 13.1. The maximum absolute atomic E-state index is 13.1. The van der Waals surface area contributed by atoms with Crippen LogP contribution >= 0.6 is 0 Å². The van der Waals surface area contributed by atoms with Crippen LogP contribution in [0.3, 0.4) is 0 Å². The van der Waals surface area contributed by atoms with E-state index >= 15 is 0 Å². The third-order valence-corrected chi connectivity index (χ3v) is 5.34. The maximum Gasteiger partial charge on any atom is 0.160 e. The number of hydrogen-bond donors (Lipinski definition) is 1. The summed E-state index contributed by atoms with van der Waals surface area (Å²) < 4.78 is 38.1. The number of halogens is 2. The van der Waals surface area contributed by atoms with Crippen LogP contribution in [0.2, 0.25) is 0 Å². The lowest BCUT2D eigenvalue weighted by molar-refractivity contribution is 0.399. The van der Waals surface area contributed by atoms with Gasteiger partial charge in [-0.25, -0.2) is 8.78 Å². The van der Waals surface area contributed by atoms with Gasteiger partial charge in [-0.3, -0.25) is 4.21 Å². The van der Waals surface area contributed by atoms with Crippen molar-refractivity contribution in [2.24, 2.45) is 5.92 Å². The minimum atomic E-state index is -1.25. The Kier molecular flexibility index (Phi) is 5.66. The largest absolute Gasteiger partial charge is 0.314 e. The highest BCUT2D eigenvalue weighted by atomic mass is 32.2. The summed E-state index contributed by atoms with van der Waals surface area (Å²) in [6.45, 7) is 3.04. The Bertz CT molecular complexity index is 481. The molecule has 0 amide bonds. The van der Waals surface area contributed by atoms with Crippen molar-refractivity contribution >= 4 is 10.8 Å². The predicted octanol–water partition coefficient (Wildman–Crippen LogP) is 3.24. The second kappa shape index (κ2) is 7.27. The summed E-state index contributed by atoms with van der Waals surface area (Å²) in [5.74, 6) is -0.766. The van der Waals surface area contributed by atoms with E-state index in [9.17, 15) is 13.0 Å². The van der Waals surface area contributed by atoms with Crippen LogP contribution in [0.5, 0.6) is 0 Å². The van der Waals surface area contributed by atoms with Gasteiger partial charge in [-0.1, -0.05) is 13.3 Å². The zero-order valence-electron chi connectivity index (χ0n) is 11.7. The highest BCUT2D eigenvalue weighted by Crippen LogP contribution is 2.29. The molecule has 3 unspecified atom stereocenters. The van der Waals surface area contributed by atoms with Gasteiger partial charge in [0.1, 0.15) is 0 Å². The van der Waals surface area contributed by atoms with Crippen LogP contribution in [0, 0.1) is 17.6 Å². The first-order valence-electron chi connectivity index (χ1n) is 7.18. The first-order chi connectivity index (χ1) is 9.61. The number of hydrogen-bond acceptors (Lipinski definition) is 2. The smallest absolute Gasteiger partial charge is 0.160 e. The Hall–Kier alpha value is -0.810. The van der Waals surface area contributed by atoms with Crippen molar-refractivity contribution in [3.8, 4) is 0 Å². The molecular weight excluding hydrogens is 280 g/mol. The first kappa shape index (κ1) is 15.6. The summed E-state index contributed by atoms with van der Waals surface area (Å²) in [6, 6.07) is 4.01. The summed E-state index contributed by atoms with van der Waals surface area (Å²) in [4.78, 5) is 0.377. The molecule has 1 aromatic rings. The van der Waals surface area contributed by atoms with Gasteiger partial charge in [-0.2, -0.15) is 0 Å². The second-order valence-electron chi connectivity index (χ2n) is 5.27. The molecule has 2 nitrogen and oxygen atoms in total. The zero-order chi connectivity index (χ0) is 14.5. The van der Waals surface area contributed by atoms with E-state index in [4.69, 9.17) is 0 Å².